The van der Waals surface area contributed by atoms with Crippen LogP contribution in [0.1, 0.15) is 19.8 Å². The van der Waals surface area contributed by atoms with Crippen LogP contribution in [0.25, 0.3) is 0 Å². The first-order valence-corrected chi connectivity index (χ1v) is 5.38. The highest BCUT2D eigenvalue weighted by molar-refractivity contribution is 6.97. The van der Waals surface area contributed by atoms with Crippen molar-refractivity contribution in [2.45, 2.75) is 19.8 Å². The van der Waals surface area contributed by atoms with Crippen LogP contribution >= 0.6 is 11.1 Å². The van der Waals surface area contributed by atoms with Crippen LogP contribution < -0.4 is 0 Å². The molecule has 0 unspecified atom stereocenters. The molecule has 0 saturated carbocycles. The molecule has 0 N–H and O–H groups in total. The summed E-state index contributed by atoms with van der Waals surface area (Å²) in [5.74, 6) is 0. The monoisotopic (exact) mass is 134 g/mol. The molecule has 2 heteroatoms. The van der Waals surface area contributed by atoms with Gasteiger partial charge < -0.3 is 0 Å². The summed E-state index contributed by atoms with van der Waals surface area (Å²) in [6, 6.07) is 0. The van der Waals surface area contributed by atoms with Gasteiger partial charge in [-0.05, 0) is 6.42 Å². The molecule has 42 valence electrons. The van der Waals surface area contributed by atoms with Crippen molar-refractivity contribution in [3.05, 3.63) is 11.8 Å². The Labute approximate surface area is 52.1 Å². The number of rotatable bonds is 3. The van der Waals surface area contributed by atoms with Crippen molar-refractivity contribution in [3.8, 4) is 0 Å². The van der Waals surface area contributed by atoms with Crippen LogP contribution in [0.4, 0.5) is 0 Å². The molecule has 7 heavy (non-hydrogen) atoms. The highest BCUT2D eigenvalue weighted by Gasteiger charge is 1.86. The molecule has 0 aliphatic rings. The van der Waals surface area contributed by atoms with E-state index in [0.29, 0.717) is 0 Å². The zero-order valence-electron chi connectivity index (χ0n) is 4.71. The fourth-order valence-electron chi connectivity index (χ4n) is 0.420. The third-order valence-electron chi connectivity index (χ3n) is 0.793. The Morgan fingerprint density at radius 1 is 1.86 bits per heavy atom. The van der Waals surface area contributed by atoms with Crippen LogP contribution in [-0.4, -0.2) is 8.83 Å². The van der Waals surface area contributed by atoms with Gasteiger partial charge in [0.2, 0.25) is 0 Å². The van der Waals surface area contributed by atoms with Gasteiger partial charge in [-0.25, -0.2) is 0 Å². The second-order valence-electron chi connectivity index (χ2n) is 1.63. The molecule has 0 nitrogen and oxygen atoms in total. The predicted octanol–water partition coefficient (Wildman–Crippen LogP) is 1.62. The van der Waals surface area contributed by atoms with Crippen LogP contribution in [0.15, 0.2) is 11.8 Å². The van der Waals surface area contributed by atoms with Gasteiger partial charge in [-0.3, -0.25) is 0 Å². The molecule has 0 fully saturated rings. The second-order valence-corrected chi connectivity index (χ2v) is 3.70. The summed E-state index contributed by atoms with van der Waals surface area (Å²) < 4.78 is 0. The highest BCUT2D eigenvalue weighted by atomic mass is 35.6. The lowest BCUT2D eigenvalue weighted by Crippen LogP contribution is -1.83. The van der Waals surface area contributed by atoms with Gasteiger partial charge in [0.15, 0.2) is 8.83 Å². The summed E-state index contributed by atoms with van der Waals surface area (Å²) in [6.45, 7) is 5.94. The zero-order chi connectivity index (χ0) is 5.70. The topological polar surface area (TPSA) is 0 Å². The fraction of sp³-hybridized carbons (Fsp3) is 0.600. The van der Waals surface area contributed by atoms with Gasteiger partial charge in [-0.1, -0.05) is 18.5 Å². The van der Waals surface area contributed by atoms with E-state index < -0.39 is 8.83 Å². The molecule has 0 radical (unpaired) electrons. The van der Waals surface area contributed by atoms with Crippen LogP contribution in [0.2, 0.25) is 0 Å². The van der Waals surface area contributed by atoms with E-state index in [9.17, 15) is 0 Å². The molecular weight excluding hydrogens is 124 g/mol. The first-order valence-electron chi connectivity index (χ1n) is 2.54. The minimum absolute atomic E-state index is 0.395. The van der Waals surface area contributed by atoms with Crippen LogP contribution in [0.3, 0.4) is 0 Å². The molecule has 0 bridgehead atoms. The van der Waals surface area contributed by atoms with Gasteiger partial charge in [0.05, 0.1) is 0 Å². The van der Waals surface area contributed by atoms with Crippen LogP contribution in [-0.2, 0) is 0 Å². The van der Waals surface area contributed by atoms with Crippen LogP contribution in [0.5, 0.6) is 0 Å². The lowest BCUT2D eigenvalue weighted by Gasteiger charge is -1.91. The van der Waals surface area contributed by atoms with Crippen molar-refractivity contribution in [1.29, 1.82) is 0 Å². The first-order chi connectivity index (χ1) is 3.31. The Balaban J connectivity index is 3.00. The Morgan fingerprint density at radius 2 is 2.43 bits per heavy atom. The predicted molar refractivity (Wildman–Crippen MR) is 38.4 cm³/mol. The maximum Gasteiger partial charge on any atom is 0.151 e. The molecule has 0 aromatic rings. The lowest BCUT2D eigenvalue weighted by molar-refractivity contribution is 0.947. The number of allylic oxidation sites excluding steroid dienone is 1. The summed E-state index contributed by atoms with van der Waals surface area (Å²) >= 11 is 5.57. The molecule has 0 heterocycles. The Bertz CT molecular complexity index is 61.1. The van der Waals surface area contributed by atoms with Crippen LogP contribution in [0, 0.1) is 0 Å². The molecule has 0 aliphatic carbocycles. The van der Waals surface area contributed by atoms with Crippen molar-refractivity contribution in [2.24, 2.45) is 0 Å². The smallest absolute Gasteiger partial charge is 0.151 e. The van der Waals surface area contributed by atoms with Gasteiger partial charge in [-0.15, -0.1) is 6.58 Å². The standard InChI is InChI=1S/C5H11ClSi/c1-3-4-5(2)7-6/h2-4,7H2,1H3. The zero-order valence-corrected chi connectivity index (χ0v) is 6.88. The second kappa shape index (κ2) is 4.41. The van der Waals surface area contributed by atoms with Crippen molar-refractivity contribution >= 4 is 19.9 Å². The summed E-state index contributed by atoms with van der Waals surface area (Å²) in [5, 5.41) is 1.28. The van der Waals surface area contributed by atoms with E-state index in [-0.39, 0.29) is 0 Å². The van der Waals surface area contributed by atoms with E-state index in [1.165, 1.54) is 11.6 Å². The minimum Gasteiger partial charge on any atom is -0.170 e. The van der Waals surface area contributed by atoms with E-state index in [1.54, 1.807) is 0 Å². The normalized spacial score (nSPS) is 10.6. The maximum atomic E-state index is 5.57. The van der Waals surface area contributed by atoms with Crippen molar-refractivity contribution < 1.29 is 0 Å². The number of halogens is 1. The Hall–Kier alpha value is 0.247. The van der Waals surface area contributed by atoms with Gasteiger partial charge in [0.1, 0.15) is 0 Å². The number of hydrogen-bond acceptors (Lipinski definition) is 0. The third kappa shape index (κ3) is 4.09. The van der Waals surface area contributed by atoms with Gasteiger partial charge in [-0.2, -0.15) is 11.1 Å². The molecule has 0 rings (SSSR count). The minimum atomic E-state index is -0.395. The lowest BCUT2D eigenvalue weighted by atomic mass is 10.3. The average molecular weight is 135 g/mol. The Morgan fingerprint density at radius 3 is 2.57 bits per heavy atom. The van der Waals surface area contributed by atoms with Crippen molar-refractivity contribution in [3.63, 3.8) is 0 Å². The van der Waals surface area contributed by atoms with Gasteiger partial charge in [0.25, 0.3) is 0 Å². The quantitative estimate of drug-likeness (QED) is 0.407. The van der Waals surface area contributed by atoms with E-state index >= 15 is 0 Å². The van der Waals surface area contributed by atoms with Crippen molar-refractivity contribution in [1.82, 2.24) is 0 Å². The summed E-state index contributed by atoms with van der Waals surface area (Å²) in [4.78, 5) is 0. The van der Waals surface area contributed by atoms with Crippen molar-refractivity contribution in [2.75, 3.05) is 0 Å². The molecule has 0 aromatic heterocycles. The van der Waals surface area contributed by atoms with E-state index in [4.69, 9.17) is 11.1 Å². The SMILES string of the molecule is C=C(CCC)[SiH2]Cl. The van der Waals surface area contributed by atoms with E-state index in [2.05, 4.69) is 13.5 Å². The fourth-order valence-corrected chi connectivity index (χ4v) is 1.31. The largest absolute Gasteiger partial charge is 0.170 e. The molecule has 0 aliphatic heterocycles. The molecular formula is C5H11ClSi. The van der Waals surface area contributed by atoms with E-state index in [0.717, 1.165) is 6.42 Å². The number of hydrogen-bond donors (Lipinski definition) is 0. The third-order valence-corrected chi connectivity index (χ3v) is 2.66. The Kier molecular flexibility index (Phi) is 4.56. The molecule has 0 saturated heterocycles. The molecule has 0 amide bonds. The van der Waals surface area contributed by atoms with Gasteiger partial charge in [0, 0.05) is 0 Å². The van der Waals surface area contributed by atoms with Gasteiger partial charge >= 0.3 is 0 Å². The molecule has 0 aromatic carbocycles. The highest BCUT2D eigenvalue weighted by Crippen LogP contribution is 1.99. The molecule has 0 atom stereocenters. The first kappa shape index (κ1) is 7.25. The summed E-state index contributed by atoms with van der Waals surface area (Å²) in [7, 11) is -0.395. The molecule has 0 spiro atoms. The summed E-state index contributed by atoms with van der Waals surface area (Å²) in [5.41, 5.74) is 0. The maximum absolute atomic E-state index is 5.57. The summed E-state index contributed by atoms with van der Waals surface area (Å²) in [6.07, 6.45) is 2.33. The van der Waals surface area contributed by atoms with E-state index in [1.807, 2.05) is 0 Å². The average Bonchev–Trinajstić information content (AvgIpc) is 1.68.